The van der Waals surface area contributed by atoms with Crippen LogP contribution < -0.4 is 10.2 Å². The molecule has 0 aromatic heterocycles. The van der Waals surface area contributed by atoms with Crippen LogP contribution in [0.4, 0.5) is 5.69 Å². The molecule has 3 aliphatic heterocycles. The minimum Gasteiger partial charge on any atom is -0.371 e. The minimum absolute atomic E-state index is 0.107. The van der Waals surface area contributed by atoms with Crippen molar-refractivity contribution in [1.82, 2.24) is 10.2 Å². The van der Waals surface area contributed by atoms with Crippen LogP contribution >= 0.6 is 0 Å². The van der Waals surface area contributed by atoms with Gasteiger partial charge in [0.2, 0.25) is 11.8 Å². The standard InChI is InChI=1S/C24H25N3O3/c28-22-9-8-21(23(29)25-22)27-15-18-14-17(6-7-20(18)24(27)30)16-10-12-26(13-11-16)19-4-2-1-3-5-19/h1-7,14,16,21H,8-13,15H2,(H,25,28,29). The Morgan fingerprint density at radius 3 is 2.40 bits per heavy atom. The summed E-state index contributed by atoms with van der Waals surface area (Å²) in [5.74, 6) is -0.245. The molecule has 3 heterocycles. The Labute approximate surface area is 175 Å². The summed E-state index contributed by atoms with van der Waals surface area (Å²) in [6.45, 7) is 2.48. The van der Waals surface area contributed by atoms with Gasteiger partial charge in [-0.25, -0.2) is 0 Å². The zero-order chi connectivity index (χ0) is 20.7. The summed E-state index contributed by atoms with van der Waals surface area (Å²) in [5.41, 5.74) is 4.23. The fraction of sp³-hybridized carbons (Fsp3) is 0.375. The van der Waals surface area contributed by atoms with E-state index in [-0.39, 0.29) is 24.1 Å². The highest BCUT2D eigenvalue weighted by molar-refractivity contribution is 6.05. The predicted octanol–water partition coefficient (Wildman–Crippen LogP) is 2.83. The number of nitrogens with one attached hydrogen (secondary N) is 1. The molecule has 6 nitrogen and oxygen atoms in total. The molecule has 5 rings (SSSR count). The number of hydrogen-bond donors (Lipinski definition) is 1. The van der Waals surface area contributed by atoms with Gasteiger partial charge < -0.3 is 9.80 Å². The van der Waals surface area contributed by atoms with E-state index in [9.17, 15) is 14.4 Å². The van der Waals surface area contributed by atoms with Gasteiger partial charge in [0.25, 0.3) is 5.91 Å². The summed E-state index contributed by atoms with van der Waals surface area (Å²) in [7, 11) is 0. The van der Waals surface area contributed by atoms with E-state index in [0.29, 0.717) is 24.4 Å². The van der Waals surface area contributed by atoms with Crippen LogP contribution in [0, 0.1) is 0 Å². The number of nitrogens with zero attached hydrogens (tertiary/aromatic N) is 2. The van der Waals surface area contributed by atoms with Crippen molar-refractivity contribution in [2.24, 2.45) is 0 Å². The van der Waals surface area contributed by atoms with Gasteiger partial charge in [0, 0.05) is 37.3 Å². The van der Waals surface area contributed by atoms with Crippen molar-refractivity contribution in [2.45, 2.75) is 44.2 Å². The highest BCUT2D eigenvalue weighted by atomic mass is 16.2. The quantitative estimate of drug-likeness (QED) is 0.800. The van der Waals surface area contributed by atoms with Crippen LogP contribution in [0.25, 0.3) is 0 Å². The van der Waals surface area contributed by atoms with Crippen molar-refractivity contribution < 1.29 is 14.4 Å². The third-order valence-corrected chi connectivity index (χ3v) is 6.64. The Bertz CT molecular complexity index is 996. The predicted molar refractivity (Wildman–Crippen MR) is 113 cm³/mol. The third kappa shape index (κ3) is 3.36. The number of para-hydroxylation sites is 1. The van der Waals surface area contributed by atoms with Crippen molar-refractivity contribution >= 4 is 23.4 Å². The second-order valence-electron chi connectivity index (χ2n) is 8.41. The second kappa shape index (κ2) is 7.59. The number of hydrogen-bond acceptors (Lipinski definition) is 4. The van der Waals surface area contributed by atoms with Gasteiger partial charge in [-0.15, -0.1) is 0 Å². The maximum atomic E-state index is 12.9. The summed E-state index contributed by atoms with van der Waals surface area (Å²) in [4.78, 5) is 40.6. The largest absolute Gasteiger partial charge is 0.371 e. The molecule has 154 valence electrons. The molecule has 2 aromatic carbocycles. The molecule has 0 spiro atoms. The third-order valence-electron chi connectivity index (χ3n) is 6.64. The van der Waals surface area contributed by atoms with E-state index < -0.39 is 6.04 Å². The number of fused-ring (bicyclic) bond motifs is 1. The Balaban J connectivity index is 1.28. The molecular formula is C24H25N3O3. The second-order valence-corrected chi connectivity index (χ2v) is 8.41. The molecule has 2 saturated heterocycles. The molecule has 1 atom stereocenters. The van der Waals surface area contributed by atoms with Crippen LogP contribution in [0.1, 0.15) is 53.1 Å². The number of carbonyl (C=O) groups is 3. The number of rotatable bonds is 3. The number of carbonyl (C=O) groups excluding carboxylic acids is 3. The van der Waals surface area contributed by atoms with E-state index in [1.807, 2.05) is 12.1 Å². The fourth-order valence-electron chi connectivity index (χ4n) is 4.96. The van der Waals surface area contributed by atoms with Gasteiger partial charge in [0.1, 0.15) is 6.04 Å². The molecule has 0 bridgehead atoms. The van der Waals surface area contributed by atoms with Crippen molar-refractivity contribution in [3.63, 3.8) is 0 Å². The van der Waals surface area contributed by atoms with Crippen molar-refractivity contribution in [3.05, 3.63) is 65.2 Å². The molecule has 30 heavy (non-hydrogen) atoms. The van der Waals surface area contributed by atoms with Crippen LogP contribution in [0.3, 0.4) is 0 Å². The topological polar surface area (TPSA) is 69.7 Å². The van der Waals surface area contributed by atoms with Crippen molar-refractivity contribution in [3.8, 4) is 0 Å². The van der Waals surface area contributed by atoms with Crippen LogP contribution in [0.15, 0.2) is 48.5 Å². The molecule has 2 fully saturated rings. The molecule has 1 N–H and O–H groups in total. The number of amides is 3. The lowest BCUT2D eigenvalue weighted by molar-refractivity contribution is -0.136. The smallest absolute Gasteiger partial charge is 0.255 e. The van der Waals surface area contributed by atoms with Crippen LogP contribution in [-0.4, -0.2) is 41.8 Å². The highest BCUT2D eigenvalue weighted by Crippen LogP contribution is 2.34. The van der Waals surface area contributed by atoms with E-state index in [4.69, 9.17) is 0 Å². The zero-order valence-electron chi connectivity index (χ0n) is 16.8. The molecule has 2 aromatic rings. The lowest BCUT2D eigenvalue weighted by Gasteiger charge is -2.34. The molecule has 0 saturated carbocycles. The lowest BCUT2D eigenvalue weighted by Crippen LogP contribution is -2.52. The van der Waals surface area contributed by atoms with Gasteiger partial charge in [0.05, 0.1) is 0 Å². The molecule has 3 aliphatic rings. The summed E-state index contributed by atoms with van der Waals surface area (Å²) in [5, 5.41) is 2.36. The first-order valence-corrected chi connectivity index (χ1v) is 10.7. The van der Waals surface area contributed by atoms with Crippen molar-refractivity contribution in [1.29, 1.82) is 0 Å². The van der Waals surface area contributed by atoms with E-state index in [0.717, 1.165) is 31.5 Å². The Kier molecular flexibility index (Phi) is 4.77. The number of imide groups is 1. The average molecular weight is 403 g/mol. The normalized spacial score (nSPS) is 22.3. The Morgan fingerprint density at radius 1 is 0.900 bits per heavy atom. The van der Waals surface area contributed by atoms with Crippen LogP contribution in [-0.2, 0) is 16.1 Å². The molecular weight excluding hydrogens is 378 g/mol. The van der Waals surface area contributed by atoms with Gasteiger partial charge in [-0.05, 0) is 54.5 Å². The molecule has 0 radical (unpaired) electrons. The molecule has 6 heteroatoms. The SMILES string of the molecule is O=C1CCC(N2Cc3cc(C4CCN(c5ccccc5)CC4)ccc3C2=O)C(=O)N1. The summed E-state index contributed by atoms with van der Waals surface area (Å²) in [6, 6.07) is 16.1. The van der Waals surface area contributed by atoms with Gasteiger partial charge in [-0.3, -0.25) is 19.7 Å². The Hall–Kier alpha value is -3.15. The van der Waals surface area contributed by atoms with E-state index in [2.05, 4.69) is 46.6 Å². The molecule has 1 unspecified atom stereocenters. The number of piperidine rings is 2. The molecule has 3 amide bonds. The summed E-state index contributed by atoms with van der Waals surface area (Å²) >= 11 is 0. The first-order chi connectivity index (χ1) is 14.6. The van der Waals surface area contributed by atoms with Gasteiger partial charge in [-0.2, -0.15) is 0 Å². The van der Waals surface area contributed by atoms with Crippen LogP contribution in [0.5, 0.6) is 0 Å². The summed E-state index contributed by atoms with van der Waals surface area (Å²) in [6.07, 6.45) is 2.84. The number of benzene rings is 2. The van der Waals surface area contributed by atoms with Gasteiger partial charge in [0.15, 0.2) is 0 Å². The van der Waals surface area contributed by atoms with Gasteiger partial charge >= 0.3 is 0 Å². The maximum absolute atomic E-state index is 12.9. The van der Waals surface area contributed by atoms with Crippen molar-refractivity contribution in [2.75, 3.05) is 18.0 Å². The van der Waals surface area contributed by atoms with E-state index in [1.54, 1.807) is 4.90 Å². The monoisotopic (exact) mass is 403 g/mol. The Morgan fingerprint density at radius 2 is 1.67 bits per heavy atom. The zero-order valence-corrected chi connectivity index (χ0v) is 16.8. The first-order valence-electron chi connectivity index (χ1n) is 10.7. The number of anilines is 1. The minimum atomic E-state index is -0.555. The first kappa shape index (κ1) is 18.9. The van der Waals surface area contributed by atoms with Crippen LogP contribution in [0.2, 0.25) is 0 Å². The average Bonchev–Trinajstić information content (AvgIpc) is 3.10. The summed E-state index contributed by atoms with van der Waals surface area (Å²) < 4.78 is 0. The van der Waals surface area contributed by atoms with E-state index in [1.165, 1.54) is 11.3 Å². The molecule has 0 aliphatic carbocycles. The van der Waals surface area contributed by atoms with E-state index >= 15 is 0 Å². The fourth-order valence-corrected chi connectivity index (χ4v) is 4.96. The van der Waals surface area contributed by atoms with Gasteiger partial charge in [-0.1, -0.05) is 30.3 Å². The lowest BCUT2D eigenvalue weighted by atomic mass is 9.87. The maximum Gasteiger partial charge on any atom is 0.255 e. The highest BCUT2D eigenvalue weighted by Gasteiger charge is 2.39.